The van der Waals surface area contributed by atoms with Gasteiger partial charge >= 0.3 is 0 Å². The maximum Gasteiger partial charge on any atom is 0.264 e. The Morgan fingerprint density at radius 1 is 1.19 bits per heavy atom. The number of thiophene rings is 1. The van der Waals surface area contributed by atoms with E-state index in [1.54, 1.807) is 47.5 Å². The summed E-state index contributed by atoms with van der Waals surface area (Å²) in [7, 11) is -1.42. The molecule has 1 atom stereocenters. The number of carbonyl (C=O) groups is 1. The van der Waals surface area contributed by atoms with Gasteiger partial charge in [0.05, 0.1) is 15.8 Å². The van der Waals surface area contributed by atoms with Crippen LogP contribution in [0.25, 0.3) is 0 Å². The molecule has 142 valence electrons. The molecule has 6 heteroatoms. The van der Waals surface area contributed by atoms with Crippen molar-refractivity contribution in [2.24, 2.45) is 0 Å². The minimum atomic E-state index is -3.21. The standard InChI is InChI=1S/C20H27NO3S2/c1-6-8-18-15(7-2)13-19(25-18)20(22)21(4)14(3)16-9-11-17(12-10-16)26(5,23)24/h9-14H,6-8H2,1-5H3. The summed E-state index contributed by atoms with van der Waals surface area (Å²) in [5.74, 6) is 0.00624. The fraction of sp³-hybridized carbons (Fsp3) is 0.450. The van der Waals surface area contributed by atoms with Crippen molar-refractivity contribution in [1.29, 1.82) is 0 Å². The van der Waals surface area contributed by atoms with E-state index >= 15 is 0 Å². The lowest BCUT2D eigenvalue weighted by Gasteiger charge is -2.25. The first-order valence-electron chi connectivity index (χ1n) is 8.87. The summed E-state index contributed by atoms with van der Waals surface area (Å²) < 4.78 is 23.2. The van der Waals surface area contributed by atoms with Gasteiger partial charge in [0.25, 0.3) is 5.91 Å². The monoisotopic (exact) mass is 393 g/mol. The molecule has 0 aliphatic heterocycles. The molecule has 0 saturated carbocycles. The second-order valence-electron chi connectivity index (χ2n) is 6.60. The lowest BCUT2D eigenvalue weighted by atomic mass is 10.1. The predicted molar refractivity (Wildman–Crippen MR) is 108 cm³/mol. The van der Waals surface area contributed by atoms with Crippen LogP contribution in [0.15, 0.2) is 35.2 Å². The first-order chi connectivity index (χ1) is 12.2. The van der Waals surface area contributed by atoms with Crippen LogP contribution in [0.1, 0.15) is 58.9 Å². The zero-order valence-electron chi connectivity index (χ0n) is 16.1. The van der Waals surface area contributed by atoms with Gasteiger partial charge in [-0.05, 0) is 49.1 Å². The molecule has 2 aromatic rings. The van der Waals surface area contributed by atoms with Crippen molar-refractivity contribution >= 4 is 27.1 Å². The van der Waals surface area contributed by atoms with Gasteiger partial charge in [0.1, 0.15) is 0 Å². The number of carbonyl (C=O) groups excluding carboxylic acids is 1. The van der Waals surface area contributed by atoms with Crippen molar-refractivity contribution in [1.82, 2.24) is 4.90 Å². The first kappa shape index (κ1) is 20.6. The average molecular weight is 394 g/mol. The van der Waals surface area contributed by atoms with E-state index in [1.807, 2.05) is 13.0 Å². The molecule has 4 nitrogen and oxygen atoms in total. The smallest absolute Gasteiger partial charge is 0.264 e. The van der Waals surface area contributed by atoms with Crippen molar-refractivity contribution in [3.8, 4) is 0 Å². The third kappa shape index (κ3) is 4.54. The molecule has 1 heterocycles. The minimum absolute atomic E-state index is 0.00624. The number of rotatable bonds is 7. The summed E-state index contributed by atoms with van der Waals surface area (Å²) in [4.78, 5) is 17.0. The Morgan fingerprint density at radius 2 is 1.81 bits per heavy atom. The largest absolute Gasteiger partial charge is 0.334 e. The SMILES string of the molecule is CCCc1sc(C(=O)N(C)C(C)c2ccc(S(C)(=O)=O)cc2)cc1CC. The van der Waals surface area contributed by atoms with E-state index in [2.05, 4.69) is 13.8 Å². The van der Waals surface area contributed by atoms with Gasteiger partial charge in [0, 0.05) is 18.2 Å². The zero-order valence-corrected chi connectivity index (χ0v) is 17.7. The number of amides is 1. The molecule has 0 radical (unpaired) electrons. The molecular formula is C20H27NO3S2. The van der Waals surface area contributed by atoms with Crippen LogP contribution >= 0.6 is 11.3 Å². The highest BCUT2D eigenvalue weighted by Gasteiger charge is 2.22. The van der Waals surface area contributed by atoms with Crippen molar-refractivity contribution in [3.63, 3.8) is 0 Å². The Kier molecular flexibility index (Phi) is 6.64. The third-order valence-corrected chi connectivity index (χ3v) is 7.01. The maximum absolute atomic E-state index is 12.9. The molecule has 1 aromatic carbocycles. The molecule has 2 rings (SSSR count). The fourth-order valence-corrected chi connectivity index (χ4v) is 4.85. The lowest BCUT2D eigenvalue weighted by Crippen LogP contribution is -2.29. The molecule has 0 saturated heterocycles. The van der Waals surface area contributed by atoms with Crippen LogP contribution in [0.3, 0.4) is 0 Å². The van der Waals surface area contributed by atoms with E-state index in [9.17, 15) is 13.2 Å². The van der Waals surface area contributed by atoms with Gasteiger partial charge in [-0.15, -0.1) is 11.3 Å². The summed E-state index contributed by atoms with van der Waals surface area (Å²) in [5, 5.41) is 0. The number of aryl methyl sites for hydroxylation is 2. The molecule has 0 aliphatic carbocycles. The maximum atomic E-state index is 12.9. The van der Waals surface area contributed by atoms with Crippen molar-refractivity contribution in [3.05, 3.63) is 51.2 Å². The number of nitrogens with zero attached hydrogens (tertiary/aromatic N) is 1. The molecule has 0 aliphatic rings. The predicted octanol–water partition coefficient (Wildman–Crippen LogP) is 4.50. The van der Waals surface area contributed by atoms with E-state index in [0.29, 0.717) is 0 Å². The van der Waals surface area contributed by atoms with Crippen LogP contribution in [0.5, 0.6) is 0 Å². The first-order valence-corrected chi connectivity index (χ1v) is 11.6. The Morgan fingerprint density at radius 3 is 2.31 bits per heavy atom. The summed E-state index contributed by atoms with van der Waals surface area (Å²) in [6.07, 6.45) is 4.20. The molecule has 0 fully saturated rings. The zero-order chi connectivity index (χ0) is 19.5. The van der Waals surface area contributed by atoms with Crippen LogP contribution in [0, 0.1) is 0 Å². The van der Waals surface area contributed by atoms with Crippen molar-refractivity contribution in [2.75, 3.05) is 13.3 Å². The van der Waals surface area contributed by atoms with E-state index in [4.69, 9.17) is 0 Å². The van der Waals surface area contributed by atoms with Crippen molar-refractivity contribution in [2.45, 2.75) is 51.0 Å². The molecule has 0 bridgehead atoms. The average Bonchev–Trinajstić information content (AvgIpc) is 3.02. The topological polar surface area (TPSA) is 54.5 Å². The van der Waals surface area contributed by atoms with Gasteiger partial charge in [-0.2, -0.15) is 0 Å². The number of benzene rings is 1. The molecule has 1 unspecified atom stereocenters. The van der Waals surface area contributed by atoms with E-state index in [1.165, 1.54) is 16.7 Å². The molecule has 0 N–H and O–H groups in total. The quantitative estimate of drug-likeness (QED) is 0.696. The van der Waals surface area contributed by atoms with Gasteiger partial charge in [0.15, 0.2) is 9.84 Å². The number of hydrogen-bond donors (Lipinski definition) is 0. The van der Waals surface area contributed by atoms with Crippen LogP contribution < -0.4 is 0 Å². The fourth-order valence-electron chi connectivity index (χ4n) is 2.88. The van der Waals surface area contributed by atoms with Crippen molar-refractivity contribution < 1.29 is 13.2 Å². The molecule has 0 spiro atoms. The molecule has 26 heavy (non-hydrogen) atoms. The Labute approximate surface area is 160 Å². The van der Waals surface area contributed by atoms with Crippen LogP contribution in [-0.2, 0) is 22.7 Å². The summed E-state index contributed by atoms with van der Waals surface area (Å²) in [6, 6.07) is 8.63. The van der Waals surface area contributed by atoms with Gasteiger partial charge in [-0.25, -0.2) is 8.42 Å². The Hall–Kier alpha value is -1.66. The molecule has 1 amide bonds. The van der Waals surface area contributed by atoms with Crippen LogP contribution in [0.4, 0.5) is 0 Å². The number of hydrogen-bond acceptors (Lipinski definition) is 4. The lowest BCUT2D eigenvalue weighted by molar-refractivity contribution is 0.0747. The second-order valence-corrected chi connectivity index (χ2v) is 9.75. The van der Waals surface area contributed by atoms with Crippen LogP contribution in [-0.4, -0.2) is 32.5 Å². The minimum Gasteiger partial charge on any atom is -0.334 e. The van der Waals surface area contributed by atoms with E-state index in [0.717, 1.165) is 29.7 Å². The highest BCUT2D eigenvalue weighted by molar-refractivity contribution is 7.90. The molecule has 1 aromatic heterocycles. The van der Waals surface area contributed by atoms with E-state index < -0.39 is 9.84 Å². The van der Waals surface area contributed by atoms with Gasteiger partial charge in [0.2, 0.25) is 0 Å². The normalized spacial score (nSPS) is 12.8. The van der Waals surface area contributed by atoms with Gasteiger partial charge in [-0.3, -0.25) is 4.79 Å². The van der Waals surface area contributed by atoms with Gasteiger partial charge < -0.3 is 4.90 Å². The third-order valence-electron chi connectivity index (χ3n) is 4.66. The number of sulfone groups is 1. The highest BCUT2D eigenvalue weighted by atomic mass is 32.2. The van der Waals surface area contributed by atoms with Crippen LogP contribution in [0.2, 0.25) is 0 Å². The van der Waals surface area contributed by atoms with Gasteiger partial charge in [-0.1, -0.05) is 32.4 Å². The molecular weight excluding hydrogens is 366 g/mol. The summed E-state index contributed by atoms with van der Waals surface area (Å²) in [5.41, 5.74) is 2.17. The summed E-state index contributed by atoms with van der Waals surface area (Å²) in [6.45, 7) is 6.22. The van der Waals surface area contributed by atoms with E-state index in [-0.39, 0.29) is 16.8 Å². The Balaban J connectivity index is 2.22. The summed E-state index contributed by atoms with van der Waals surface area (Å²) >= 11 is 1.59. The Bertz CT molecular complexity index is 867. The second kappa shape index (κ2) is 8.35. The highest BCUT2D eigenvalue weighted by Crippen LogP contribution is 2.28.